The van der Waals surface area contributed by atoms with E-state index in [-0.39, 0.29) is 35.6 Å². The van der Waals surface area contributed by atoms with E-state index in [1.54, 1.807) is 31.6 Å². The molecule has 2 aromatic heterocycles. The first-order valence-corrected chi connectivity index (χ1v) is 20.0. The number of piperidine rings is 1. The number of ketones is 1. The maximum Gasteiger partial charge on any atom is 0.301 e. The van der Waals surface area contributed by atoms with Crippen LogP contribution in [0.15, 0.2) is 61.1 Å². The Morgan fingerprint density at radius 1 is 1.00 bits per heavy atom. The van der Waals surface area contributed by atoms with Crippen LogP contribution < -0.4 is 14.5 Å². The highest BCUT2D eigenvalue weighted by Crippen LogP contribution is 2.58. The molecular weight excluding hydrogens is 766 g/mol. The highest BCUT2D eigenvalue weighted by molar-refractivity contribution is 7.90. The number of nitro groups is 1. The Morgan fingerprint density at radius 2 is 1.68 bits per heavy atom. The Balaban J connectivity index is 0.888. The van der Waals surface area contributed by atoms with Gasteiger partial charge in [-0.15, -0.1) is 0 Å². The van der Waals surface area contributed by atoms with E-state index in [1.165, 1.54) is 25.3 Å². The van der Waals surface area contributed by atoms with Crippen molar-refractivity contribution in [1.29, 1.82) is 0 Å². The Hall–Kier alpha value is -5.46. The van der Waals surface area contributed by atoms with E-state index in [0.29, 0.717) is 85.9 Å². The minimum absolute atomic E-state index is 0.0376. The van der Waals surface area contributed by atoms with Crippen LogP contribution in [0.25, 0.3) is 16.7 Å². The molecule has 0 bridgehead atoms. The van der Waals surface area contributed by atoms with Gasteiger partial charge < -0.3 is 14.9 Å². The fourth-order valence-electron chi connectivity index (χ4n) is 8.75. The number of aliphatic hydroxyl groups is 1. The van der Waals surface area contributed by atoms with E-state index in [9.17, 15) is 32.8 Å². The number of carbonyl (C=O) groups is 1. The third-order valence-electron chi connectivity index (χ3n) is 11.8. The van der Waals surface area contributed by atoms with Crippen LogP contribution in [0.1, 0.15) is 54.2 Å². The molecule has 4 aliphatic rings. The molecule has 1 spiro atoms. The van der Waals surface area contributed by atoms with Crippen LogP contribution in [0.2, 0.25) is 0 Å². The van der Waals surface area contributed by atoms with E-state index >= 15 is 8.78 Å². The summed E-state index contributed by atoms with van der Waals surface area (Å²) in [7, 11) is -2.85. The highest BCUT2D eigenvalue weighted by Gasteiger charge is 2.62. The van der Waals surface area contributed by atoms with Crippen LogP contribution >= 0.6 is 0 Å². The van der Waals surface area contributed by atoms with Gasteiger partial charge in [-0.05, 0) is 55.9 Å². The minimum atomic E-state index is -4.14. The molecule has 14 nitrogen and oxygen atoms in total. The van der Waals surface area contributed by atoms with Gasteiger partial charge in [0, 0.05) is 98.5 Å². The number of pyridine rings is 1. The number of halogens is 3. The van der Waals surface area contributed by atoms with Crippen LogP contribution in [-0.2, 0) is 16.6 Å². The topological polar surface area (TPSA) is 175 Å². The molecule has 1 saturated carbocycles. The van der Waals surface area contributed by atoms with E-state index < -0.39 is 55.2 Å². The Labute approximate surface area is 326 Å². The molecule has 4 aromatic rings. The summed E-state index contributed by atoms with van der Waals surface area (Å²) in [5.41, 5.74) is -0.1000. The fourth-order valence-corrected chi connectivity index (χ4v) is 9.68. The average Bonchev–Trinajstić information content (AvgIpc) is 3.60. The smallest absolute Gasteiger partial charge is 0.301 e. The summed E-state index contributed by atoms with van der Waals surface area (Å²) in [6.07, 6.45) is 9.34. The van der Waals surface area contributed by atoms with Crippen molar-refractivity contribution < 1.29 is 36.4 Å². The van der Waals surface area contributed by atoms with E-state index in [0.717, 1.165) is 22.5 Å². The summed E-state index contributed by atoms with van der Waals surface area (Å²) in [5, 5.41) is 22.5. The third kappa shape index (κ3) is 6.88. The van der Waals surface area contributed by atoms with Crippen molar-refractivity contribution in [3.8, 4) is 11.1 Å². The second-order valence-electron chi connectivity index (χ2n) is 15.4. The van der Waals surface area contributed by atoms with E-state index in [4.69, 9.17) is 0 Å². The van der Waals surface area contributed by atoms with Crippen molar-refractivity contribution in [3.05, 3.63) is 105 Å². The summed E-state index contributed by atoms with van der Waals surface area (Å²) >= 11 is 0. The zero-order valence-electron chi connectivity index (χ0n) is 31.1. The quantitative estimate of drug-likeness (QED) is 0.111. The molecule has 3 fully saturated rings. The van der Waals surface area contributed by atoms with Crippen molar-refractivity contribution in [2.75, 3.05) is 54.3 Å². The summed E-state index contributed by atoms with van der Waals surface area (Å²) in [6, 6.07) is 7.15. The molecular formula is C39H39F3N8O6S. The molecule has 298 valence electrons. The standard InChI is InChI=1S/C39H39F3N8O6S/c1-3-47(2)57(55,56)46-32-8-6-29(40)34(35(32)42)36(51)27-5-7-31-28(27)14-23(16-43-31)24-17-44-37(45-18-24)49-21-38(22-49)19-39(52,20-38)25-10-12-48(13-11-25)33-9-4-26(50(53)54)15-30(33)41/h4-6,8-9,14-18,25,46,52H,3,7,10-13,19-22H2,1-2H3. The van der Waals surface area contributed by atoms with E-state index in [2.05, 4.69) is 19.7 Å². The number of nitro benzene ring substituents is 1. The molecule has 0 unspecified atom stereocenters. The number of benzene rings is 2. The minimum Gasteiger partial charge on any atom is -0.390 e. The van der Waals surface area contributed by atoms with Crippen LogP contribution in [-0.4, -0.2) is 88.9 Å². The summed E-state index contributed by atoms with van der Waals surface area (Å²) in [6.45, 7) is 4.15. The third-order valence-corrected chi connectivity index (χ3v) is 13.4. The predicted octanol–water partition coefficient (Wildman–Crippen LogP) is 5.54. The lowest BCUT2D eigenvalue weighted by atomic mass is 9.51. The van der Waals surface area contributed by atoms with Gasteiger partial charge in [-0.2, -0.15) is 12.7 Å². The van der Waals surface area contributed by atoms with Gasteiger partial charge in [0.2, 0.25) is 5.95 Å². The zero-order chi connectivity index (χ0) is 40.4. The van der Waals surface area contributed by atoms with Crippen molar-refractivity contribution in [1.82, 2.24) is 19.3 Å². The largest absolute Gasteiger partial charge is 0.390 e. The lowest BCUT2D eigenvalue weighted by Gasteiger charge is -2.64. The number of nitrogens with one attached hydrogen (secondary N) is 1. The number of Topliss-reactive ketones (excluding diaryl/α,β-unsaturated/α-hetero) is 1. The molecule has 0 radical (unpaired) electrons. The first kappa shape index (κ1) is 38.4. The molecule has 2 aliphatic heterocycles. The SMILES string of the molecule is CCN(C)S(=O)(=O)Nc1ccc(F)c(C(=O)C2=CCc3ncc(-c4cnc(N5CC6(C5)CC(O)(C5CCN(c7ccc([N+](=O)[O-])cc7F)CC5)C6)nc4)cc32)c1F. The molecule has 8 rings (SSSR count). The molecule has 2 saturated heterocycles. The first-order valence-electron chi connectivity index (χ1n) is 18.6. The number of rotatable bonds is 11. The summed E-state index contributed by atoms with van der Waals surface area (Å²) in [5.74, 6) is -3.45. The zero-order valence-corrected chi connectivity index (χ0v) is 31.9. The number of non-ortho nitro benzene ring substituents is 1. The number of carbonyl (C=O) groups excluding carboxylic acids is 1. The van der Waals surface area contributed by atoms with Crippen LogP contribution in [0.4, 0.5) is 36.2 Å². The molecule has 57 heavy (non-hydrogen) atoms. The molecule has 0 atom stereocenters. The number of hydrogen-bond donors (Lipinski definition) is 2. The second kappa shape index (κ2) is 14.2. The molecule has 2 N–H and O–H groups in total. The maximum absolute atomic E-state index is 15.6. The number of nitrogens with zero attached hydrogens (tertiary/aromatic N) is 7. The van der Waals surface area contributed by atoms with Gasteiger partial charge in [0.1, 0.15) is 5.82 Å². The second-order valence-corrected chi connectivity index (χ2v) is 17.2. The molecule has 2 aliphatic carbocycles. The molecule has 4 heterocycles. The van der Waals surface area contributed by atoms with Crippen molar-refractivity contribution in [3.63, 3.8) is 0 Å². The number of anilines is 3. The molecule has 2 aromatic carbocycles. The number of aromatic nitrogens is 3. The normalized spacial score (nSPS) is 18.5. The van der Waals surface area contributed by atoms with Crippen molar-refractivity contribution in [2.24, 2.45) is 11.3 Å². The van der Waals surface area contributed by atoms with E-state index in [1.807, 2.05) is 9.80 Å². The fraction of sp³-hybridized carbons (Fsp3) is 0.385. The van der Waals surface area contributed by atoms with Gasteiger partial charge in [0.15, 0.2) is 17.4 Å². The predicted molar refractivity (Wildman–Crippen MR) is 205 cm³/mol. The Kier molecular flexibility index (Phi) is 9.55. The molecule has 18 heteroatoms. The number of hydrogen-bond acceptors (Lipinski definition) is 11. The monoisotopic (exact) mass is 804 g/mol. The van der Waals surface area contributed by atoms with Gasteiger partial charge in [-0.1, -0.05) is 13.0 Å². The number of fused-ring (bicyclic) bond motifs is 1. The van der Waals surface area contributed by atoms with Gasteiger partial charge in [-0.3, -0.25) is 24.6 Å². The van der Waals surface area contributed by atoms with Crippen LogP contribution in [0.5, 0.6) is 0 Å². The Morgan fingerprint density at radius 3 is 2.33 bits per heavy atom. The van der Waals surface area contributed by atoms with Crippen molar-refractivity contribution in [2.45, 2.75) is 44.6 Å². The first-order chi connectivity index (χ1) is 27.1. The summed E-state index contributed by atoms with van der Waals surface area (Å²) < 4.78 is 73.3. The Bertz CT molecular complexity index is 2430. The summed E-state index contributed by atoms with van der Waals surface area (Å²) in [4.78, 5) is 41.6. The van der Waals surface area contributed by atoms with Crippen LogP contribution in [0.3, 0.4) is 0 Å². The molecule has 0 amide bonds. The van der Waals surface area contributed by atoms with Crippen LogP contribution in [0, 0.1) is 38.9 Å². The lowest BCUT2D eigenvalue weighted by Crippen LogP contribution is -2.70. The van der Waals surface area contributed by atoms with Crippen molar-refractivity contribution >= 4 is 44.6 Å². The van der Waals surface area contributed by atoms with Gasteiger partial charge in [0.25, 0.3) is 5.69 Å². The van der Waals surface area contributed by atoms with Gasteiger partial charge in [0.05, 0.1) is 39.2 Å². The lowest BCUT2D eigenvalue weighted by molar-refractivity contribution is -0.385. The van der Waals surface area contributed by atoms with Gasteiger partial charge >= 0.3 is 10.2 Å². The number of allylic oxidation sites excluding steroid dienone is 2. The maximum atomic E-state index is 15.6. The average molecular weight is 805 g/mol. The van der Waals surface area contributed by atoms with Gasteiger partial charge in [-0.25, -0.2) is 23.1 Å². The highest BCUT2D eigenvalue weighted by atomic mass is 32.2.